The number of rotatable bonds is 6. The van der Waals surface area contributed by atoms with Gasteiger partial charge in [0.1, 0.15) is 12.4 Å². The number of amides is 1. The number of nitrogens with one attached hydrogen (secondary N) is 3. The topological polar surface area (TPSA) is 74.8 Å². The van der Waals surface area contributed by atoms with Crippen molar-refractivity contribution in [3.63, 3.8) is 0 Å². The summed E-state index contributed by atoms with van der Waals surface area (Å²) in [5.74, 6) is 1.41. The lowest BCUT2D eigenvalue weighted by molar-refractivity contribution is -0.114. The van der Waals surface area contributed by atoms with Gasteiger partial charge in [0.15, 0.2) is 5.96 Å². The SMILES string of the molecule is CN=C(NCCOc1cccc(NC(C)=O)c1)NC1CC=CC1. The molecule has 0 radical (unpaired) electrons. The molecule has 124 valence electrons. The minimum absolute atomic E-state index is 0.0971. The molecular weight excluding hydrogens is 292 g/mol. The molecule has 1 aromatic carbocycles. The van der Waals surface area contributed by atoms with E-state index in [0.29, 0.717) is 19.2 Å². The highest BCUT2D eigenvalue weighted by atomic mass is 16.5. The summed E-state index contributed by atoms with van der Waals surface area (Å²) in [7, 11) is 1.76. The zero-order valence-corrected chi connectivity index (χ0v) is 13.6. The lowest BCUT2D eigenvalue weighted by Crippen LogP contribution is -2.43. The van der Waals surface area contributed by atoms with E-state index in [4.69, 9.17) is 4.74 Å². The van der Waals surface area contributed by atoms with E-state index in [1.165, 1.54) is 6.92 Å². The van der Waals surface area contributed by atoms with Gasteiger partial charge in [-0.25, -0.2) is 0 Å². The number of carbonyl (C=O) groups excluding carboxylic acids is 1. The van der Waals surface area contributed by atoms with Crippen molar-refractivity contribution in [1.82, 2.24) is 10.6 Å². The number of benzene rings is 1. The molecule has 0 unspecified atom stereocenters. The Bertz CT molecular complexity index is 576. The van der Waals surface area contributed by atoms with Gasteiger partial charge in [0.05, 0.1) is 6.54 Å². The molecule has 0 saturated carbocycles. The highest BCUT2D eigenvalue weighted by Crippen LogP contribution is 2.17. The quantitative estimate of drug-likeness (QED) is 0.324. The average Bonchev–Trinajstić information content (AvgIpc) is 3.03. The molecule has 0 saturated heterocycles. The van der Waals surface area contributed by atoms with Gasteiger partial charge in [-0.05, 0) is 25.0 Å². The molecule has 6 nitrogen and oxygen atoms in total. The van der Waals surface area contributed by atoms with E-state index in [9.17, 15) is 4.79 Å². The molecule has 0 aromatic heterocycles. The fourth-order valence-electron chi connectivity index (χ4n) is 2.33. The van der Waals surface area contributed by atoms with Gasteiger partial charge in [-0.2, -0.15) is 0 Å². The molecule has 0 heterocycles. The summed E-state index contributed by atoms with van der Waals surface area (Å²) in [6.45, 7) is 2.63. The van der Waals surface area contributed by atoms with Gasteiger partial charge in [0.25, 0.3) is 0 Å². The Labute approximate surface area is 137 Å². The molecule has 0 spiro atoms. The molecule has 0 bridgehead atoms. The minimum atomic E-state index is -0.0971. The molecule has 2 rings (SSSR count). The largest absolute Gasteiger partial charge is 0.492 e. The molecule has 1 aliphatic carbocycles. The summed E-state index contributed by atoms with van der Waals surface area (Å²) in [6, 6.07) is 7.77. The third kappa shape index (κ3) is 6.02. The van der Waals surface area contributed by atoms with Gasteiger partial charge in [-0.1, -0.05) is 18.2 Å². The number of ether oxygens (including phenoxy) is 1. The first-order chi connectivity index (χ1) is 11.2. The predicted octanol–water partition coefficient (Wildman–Crippen LogP) is 1.91. The van der Waals surface area contributed by atoms with Crippen LogP contribution in [0.4, 0.5) is 5.69 Å². The van der Waals surface area contributed by atoms with Crippen molar-refractivity contribution in [1.29, 1.82) is 0 Å². The van der Waals surface area contributed by atoms with Gasteiger partial charge in [-0.3, -0.25) is 9.79 Å². The summed E-state index contributed by atoms with van der Waals surface area (Å²) < 4.78 is 5.68. The molecule has 6 heteroatoms. The van der Waals surface area contributed by atoms with Crippen molar-refractivity contribution >= 4 is 17.6 Å². The van der Waals surface area contributed by atoms with E-state index in [1.807, 2.05) is 18.2 Å². The van der Waals surface area contributed by atoms with Crippen LogP contribution < -0.4 is 20.7 Å². The number of guanidine groups is 1. The summed E-state index contributed by atoms with van der Waals surface area (Å²) in [6.07, 6.45) is 6.42. The van der Waals surface area contributed by atoms with Gasteiger partial charge < -0.3 is 20.7 Å². The van der Waals surface area contributed by atoms with Crippen molar-refractivity contribution in [2.24, 2.45) is 4.99 Å². The van der Waals surface area contributed by atoms with Gasteiger partial charge in [0, 0.05) is 31.8 Å². The first kappa shape index (κ1) is 16.9. The maximum atomic E-state index is 11.0. The van der Waals surface area contributed by atoms with Crippen LogP contribution in [-0.2, 0) is 4.79 Å². The fraction of sp³-hybridized carbons (Fsp3) is 0.412. The summed E-state index contributed by atoms with van der Waals surface area (Å²) in [4.78, 5) is 15.3. The van der Waals surface area contributed by atoms with Gasteiger partial charge in [0.2, 0.25) is 5.91 Å². The molecule has 1 aromatic rings. The Morgan fingerprint density at radius 3 is 2.83 bits per heavy atom. The Balaban J connectivity index is 1.70. The smallest absolute Gasteiger partial charge is 0.221 e. The Morgan fingerprint density at radius 1 is 1.35 bits per heavy atom. The van der Waals surface area contributed by atoms with Crippen LogP contribution in [0, 0.1) is 0 Å². The molecule has 0 aliphatic heterocycles. The molecule has 0 fully saturated rings. The first-order valence-electron chi connectivity index (χ1n) is 7.80. The molecule has 23 heavy (non-hydrogen) atoms. The number of hydrogen-bond acceptors (Lipinski definition) is 3. The lowest BCUT2D eigenvalue weighted by Gasteiger charge is -2.17. The second kappa shape index (κ2) is 8.82. The second-order valence-corrected chi connectivity index (χ2v) is 5.34. The zero-order valence-electron chi connectivity index (χ0n) is 13.6. The maximum absolute atomic E-state index is 11.0. The van der Waals surface area contributed by atoms with Crippen LogP contribution in [0.5, 0.6) is 5.75 Å². The van der Waals surface area contributed by atoms with E-state index in [-0.39, 0.29) is 5.91 Å². The highest BCUT2D eigenvalue weighted by Gasteiger charge is 2.11. The van der Waals surface area contributed by atoms with Crippen LogP contribution in [-0.4, -0.2) is 38.1 Å². The number of carbonyl (C=O) groups is 1. The predicted molar refractivity (Wildman–Crippen MR) is 92.9 cm³/mol. The molecule has 3 N–H and O–H groups in total. The second-order valence-electron chi connectivity index (χ2n) is 5.34. The van der Waals surface area contributed by atoms with Crippen LogP contribution in [0.25, 0.3) is 0 Å². The number of aliphatic imine (C=N–C) groups is 1. The third-order valence-electron chi connectivity index (χ3n) is 3.39. The van der Waals surface area contributed by atoms with Crippen LogP contribution in [0.2, 0.25) is 0 Å². The van der Waals surface area contributed by atoms with E-state index in [2.05, 4.69) is 33.1 Å². The molecule has 1 amide bonds. The number of nitrogens with zero attached hydrogens (tertiary/aromatic N) is 1. The fourth-order valence-corrected chi connectivity index (χ4v) is 2.33. The summed E-state index contributed by atoms with van der Waals surface area (Å²) in [5.41, 5.74) is 0.731. The van der Waals surface area contributed by atoms with Crippen LogP contribution in [0.3, 0.4) is 0 Å². The average molecular weight is 316 g/mol. The number of hydrogen-bond donors (Lipinski definition) is 3. The summed E-state index contributed by atoms with van der Waals surface area (Å²) >= 11 is 0. The normalized spacial score (nSPS) is 14.6. The number of anilines is 1. The van der Waals surface area contributed by atoms with E-state index in [0.717, 1.165) is 30.2 Å². The molecule has 0 atom stereocenters. The van der Waals surface area contributed by atoms with Crippen molar-refractivity contribution < 1.29 is 9.53 Å². The summed E-state index contributed by atoms with van der Waals surface area (Å²) in [5, 5.41) is 9.33. The van der Waals surface area contributed by atoms with E-state index in [1.54, 1.807) is 13.1 Å². The van der Waals surface area contributed by atoms with Crippen LogP contribution >= 0.6 is 0 Å². The van der Waals surface area contributed by atoms with Crippen LogP contribution in [0.1, 0.15) is 19.8 Å². The minimum Gasteiger partial charge on any atom is -0.492 e. The zero-order chi connectivity index (χ0) is 16.5. The van der Waals surface area contributed by atoms with Gasteiger partial charge in [-0.15, -0.1) is 0 Å². The third-order valence-corrected chi connectivity index (χ3v) is 3.39. The standard InChI is InChI=1S/C17H24N4O2/c1-13(22)20-15-8-5-9-16(12-15)23-11-10-19-17(18-2)21-14-6-3-4-7-14/h3-5,8-9,12,14H,6-7,10-11H2,1-2H3,(H,20,22)(H2,18,19,21). The van der Waals surface area contributed by atoms with Crippen LogP contribution in [0.15, 0.2) is 41.4 Å². The van der Waals surface area contributed by atoms with Gasteiger partial charge >= 0.3 is 0 Å². The lowest BCUT2D eigenvalue weighted by atomic mass is 10.2. The van der Waals surface area contributed by atoms with Crippen molar-refractivity contribution in [2.45, 2.75) is 25.8 Å². The van der Waals surface area contributed by atoms with E-state index >= 15 is 0 Å². The van der Waals surface area contributed by atoms with Crippen molar-refractivity contribution in [3.8, 4) is 5.75 Å². The molecule has 1 aliphatic rings. The molecular formula is C17H24N4O2. The highest BCUT2D eigenvalue weighted by molar-refractivity contribution is 5.88. The maximum Gasteiger partial charge on any atom is 0.221 e. The first-order valence-corrected chi connectivity index (χ1v) is 7.80. The van der Waals surface area contributed by atoms with E-state index < -0.39 is 0 Å². The van der Waals surface area contributed by atoms with Crippen molar-refractivity contribution in [3.05, 3.63) is 36.4 Å². The Morgan fingerprint density at radius 2 is 2.13 bits per heavy atom. The Hall–Kier alpha value is -2.50. The monoisotopic (exact) mass is 316 g/mol. The van der Waals surface area contributed by atoms with Crippen molar-refractivity contribution in [2.75, 3.05) is 25.5 Å². The Kier molecular flexibility index (Phi) is 6.47.